The minimum Gasteiger partial charge on any atom is -0.306 e. The third kappa shape index (κ3) is 3.72. The van der Waals surface area contributed by atoms with Crippen molar-refractivity contribution in [2.45, 2.75) is 19.4 Å². The average Bonchev–Trinajstić information content (AvgIpc) is 2.44. The van der Waals surface area contributed by atoms with Crippen molar-refractivity contribution in [1.29, 1.82) is 0 Å². The Morgan fingerprint density at radius 1 is 1.10 bits per heavy atom. The maximum atomic E-state index is 13.1. The van der Waals surface area contributed by atoms with Gasteiger partial charge in [-0.2, -0.15) is 0 Å². The Kier molecular flexibility index (Phi) is 5.41. The molecule has 106 valence electrons. The van der Waals surface area contributed by atoms with Crippen LogP contribution in [-0.2, 0) is 0 Å². The standard InChI is InChI=1S/C16H16Cl2FN/c1-2-9-20-16(11-3-6-13(19)7-4-11)14-10-12(17)5-8-15(14)18/h3-8,10,16,20H,2,9H2,1H3. The zero-order valence-electron chi connectivity index (χ0n) is 11.2. The fraction of sp³-hybridized carbons (Fsp3) is 0.250. The molecule has 0 aromatic heterocycles. The van der Waals surface area contributed by atoms with Gasteiger partial charge in [0.15, 0.2) is 0 Å². The van der Waals surface area contributed by atoms with Gasteiger partial charge in [0.05, 0.1) is 6.04 Å². The Morgan fingerprint density at radius 3 is 2.45 bits per heavy atom. The van der Waals surface area contributed by atoms with Gasteiger partial charge < -0.3 is 5.32 Å². The van der Waals surface area contributed by atoms with Crippen molar-refractivity contribution in [3.05, 3.63) is 69.5 Å². The molecule has 2 rings (SSSR count). The van der Waals surface area contributed by atoms with E-state index in [1.807, 2.05) is 6.07 Å². The molecule has 0 fully saturated rings. The van der Waals surface area contributed by atoms with E-state index in [-0.39, 0.29) is 11.9 Å². The van der Waals surface area contributed by atoms with E-state index in [4.69, 9.17) is 23.2 Å². The minimum absolute atomic E-state index is 0.0956. The zero-order chi connectivity index (χ0) is 14.5. The molecule has 0 heterocycles. The summed E-state index contributed by atoms with van der Waals surface area (Å²) in [6, 6.07) is 11.7. The number of hydrogen-bond donors (Lipinski definition) is 1. The van der Waals surface area contributed by atoms with E-state index >= 15 is 0 Å². The molecule has 0 spiro atoms. The van der Waals surface area contributed by atoms with Gasteiger partial charge in [0, 0.05) is 10.0 Å². The Labute approximate surface area is 128 Å². The molecular weight excluding hydrogens is 296 g/mol. The van der Waals surface area contributed by atoms with Gasteiger partial charge in [-0.25, -0.2) is 4.39 Å². The number of benzene rings is 2. The zero-order valence-corrected chi connectivity index (χ0v) is 12.7. The summed E-state index contributed by atoms with van der Waals surface area (Å²) < 4.78 is 13.1. The summed E-state index contributed by atoms with van der Waals surface area (Å²) in [6.45, 7) is 2.93. The summed E-state index contributed by atoms with van der Waals surface area (Å²) in [6.07, 6.45) is 0.996. The van der Waals surface area contributed by atoms with E-state index in [9.17, 15) is 4.39 Å². The lowest BCUT2D eigenvalue weighted by Gasteiger charge is -2.21. The van der Waals surface area contributed by atoms with Gasteiger partial charge in [-0.05, 0) is 54.4 Å². The Hall–Kier alpha value is -1.09. The molecule has 0 amide bonds. The second-order valence-corrected chi connectivity index (χ2v) is 5.45. The summed E-state index contributed by atoms with van der Waals surface area (Å²) in [7, 11) is 0. The molecule has 0 radical (unpaired) electrons. The predicted octanol–water partition coefficient (Wildman–Crippen LogP) is 5.22. The first kappa shape index (κ1) is 15.3. The summed E-state index contributed by atoms with van der Waals surface area (Å²) in [5, 5.41) is 4.70. The molecule has 1 unspecified atom stereocenters. The number of rotatable bonds is 5. The van der Waals surface area contributed by atoms with Gasteiger partial charge >= 0.3 is 0 Å². The third-order valence-corrected chi connectivity index (χ3v) is 3.65. The maximum Gasteiger partial charge on any atom is 0.123 e. The Balaban J connectivity index is 2.41. The van der Waals surface area contributed by atoms with E-state index < -0.39 is 0 Å². The van der Waals surface area contributed by atoms with Crippen LogP contribution in [0.5, 0.6) is 0 Å². The topological polar surface area (TPSA) is 12.0 Å². The molecule has 2 aromatic rings. The molecule has 0 aliphatic rings. The second kappa shape index (κ2) is 7.07. The lowest BCUT2D eigenvalue weighted by atomic mass is 9.98. The van der Waals surface area contributed by atoms with Crippen molar-refractivity contribution in [3.8, 4) is 0 Å². The van der Waals surface area contributed by atoms with E-state index in [0.717, 1.165) is 24.1 Å². The van der Waals surface area contributed by atoms with Crippen LogP contribution in [0.15, 0.2) is 42.5 Å². The highest BCUT2D eigenvalue weighted by atomic mass is 35.5. The first-order valence-corrected chi connectivity index (χ1v) is 7.31. The van der Waals surface area contributed by atoms with Crippen LogP contribution < -0.4 is 5.32 Å². The summed E-state index contributed by atoms with van der Waals surface area (Å²) in [4.78, 5) is 0. The van der Waals surface area contributed by atoms with E-state index in [1.54, 1.807) is 24.3 Å². The van der Waals surface area contributed by atoms with Gasteiger partial charge in [0.1, 0.15) is 5.82 Å². The summed E-state index contributed by atoms with van der Waals surface area (Å²) >= 11 is 12.3. The molecule has 20 heavy (non-hydrogen) atoms. The van der Waals surface area contributed by atoms with Gasteiger partial charge in [-0.1, -0.05) is 42.3 Å². The molecule has 0 saturated carbocycles. The first-order chi connectivity index (χ1) is 9.61. The minimum atomic E-state index is -0.250. The van der Waals surface area contributed by atoms with Gasteiger partial charge in [-0.15, -0.1) is 0 Å². The number of nitrogens with one attached hydrogen (secondary N) is 1. The van der Waals surface area contributed by atoms with Crippen molar-refractivity contribution in [2.24, 2.45) is 0 Å². The lowest BCUT2D eigenvalue weighted by Crippen LogP contribution is -2.23. The summed E-state index contributed by atoms with van der Waals surface area (Å²) in [5.41, 5.74) is 1.86. The van der Waals surface area contributed by atoms with Crippen LogP contribution in [-0.4, -0.2) is 6.54 Å². The van der Waals surface area contributed by atoms with E-state index in [1.165, 1.54) is 12.1 Å². The first-order valence-electron chi connectivity index (χ1n) is 6.55. The smallest absolute Gasteiger partial charge is 0.123 e. The maximum absolute atomic E-state index is 13.1. The van der Waals surface area contributed by atoms with Crippen LogP contribution in [0.25, 0.3) is 0 Å². The Morgan fingerprint density at radius 2 is 1.80 bits per heavy atom. The molecule has 0 saturated heterocycles. The van der Waals surface area contributed by atoms with Crippen LogP contribution in [0.4, 0.5) is 4.39 Å². The molecule has 2 aromatic carbocycles. The molecule has 0 aliphatic carbocycles. The molecule has 4 heteroatoms. The third-order valence-electron chi connectivity index (χ3n) is 3.07. The van der Waals surface area contributed by atoms with Gasteiger partial charge in [-0.3, -0.25) is 0 Å². The molecule has 0 bridgehead atoms. The van der Waals surface area contributed by atoms with Crippen molar-refractivity contribution < 1.29 is 4.39 Å². The number of hydrogen-bond acceptors (Lipinski definition) is 1. The monoisotopic (exact) mass is 311 g/mol. The van der Waals surface area contributed by atoms with Crippen molar-refractivity contribution in [2.75, 3.05) is 6.54 Å². The molecule has 0 aliphatic heterocycles. The highest BCUT2D eigenvalue weighted by molar-refractivity contribution is 6.33. The highest BCUT2D eigenvalue weighted by Crippen LogP contribution is 2.30. The normalized spacial score (nSPS) is 12.4. The number of halogens is 3. The molecular formula is C16H16Cl2FN. The van der Waals surface area contributed by atoms with E-state index in [0.29, 0.717) is 10.0 Å². The molecule has 1 atom stereocenters. The molecule has 1 N–H and O–H groups in total. The largest absolute Gasteiger partial charge is 0.306 e. The lowest BCUT2D eigenvalue weighted by molar-refractivity contribution is 0.593. The highest BCUT2D eigenvalue weighted by Gasteiger charge is 2.16. The fourth-order valence-corrected chi connectivity index (χ4v) is 2.49. The second-order valence-electron chi connectivity index (χ2n) is 4.60. The average molecular weight is 312 g/mol. The van der Waals surface area contributed by atoms with Gasteiger partial charge in [0.2, 0.25) is 0 Å². The van der Waals surface area contributed by atoms with Crippen molar-refractivity contribution >= 4 is 23.2 Å². The quantitative estimate of drug-likeness (QED) is 0.798. The summed E-state index contributed by atoms with van der Waals surface area (Å²) in [5.74, 6) is -0.250. The van der Waals surface area contributed by atoms with Crippen LogP contribution in [0, 0.1) is 5.82 Å². The molecule has 1 nitrogen and oxygen atoms in total. The van der Waals surface area contributed by atoms with Crippen LogP contribution in [0.2, 0.25) is 10.0 Å². The fourth-order valence-electron chi connectivity index (χ4n) is 2.09. The SMILES string of the molecule is CCCNC(c1ccc(F)cc1)c1cc(Cl)ccc1Cl. The predicted molar refractivity (Wildman–Crippen MR) is 83.0 cm³/mol. The van der Waals surface area contributed by atoms with Crippen molar-refractivity contribution in [3.63, 3.8) is 0 Å². The van der Waals surface area contributed by atoms with E-state index in [2.05, 4.69) is 12.2 Å². The van der Waals surface area contributed by atoms with Crippen LogP contribution in [0.3, 0.4) is 0 Å². The van der Waals surface area contributed by atoms with Crippen LogP contribution in [0.1, 0.15) is 30.5 Å². The Bertz CT molecular complexity index is 569. The van der Waals surface area contributed by atoms with Gasteiger partial charge in [0.25, 0.3) is 0 Å². The van der Waals surface area contributed by atoms with Crippen molar-refractivity contribution in [1.82, 2.24) is 5.32 Å². The van der Waals surface area contributed by atoms with Crippen LogP contribution >= 0.6 is 23.2 Å².